The topological polar surface area (TPSA) is 86.5 Å². The van der Waals surface area contributed by atoms with Gasteiger partial charge >= 0.3 is 0 Å². The molecule has 0 unspecified atom stereocenters. The molecule has 0 amide bonds. The van der Waals surface area contributed by atoms with E-state index in [1.54, 1.807) is 0 Å². The Bertz CT molecular complexity index is 1110. The molecule has 0 aliphatic heterocycles. The van der Waals surface area contributed by atoms with E-state index in [2.05, 4.69) is 0 Å². The molecule has 0 radical (unpaired) electrons. The zero-order valence-electron chi connectivity index (χ0n) is 16.7. The number of aliphatic hydroxyl groups is 3. The Kier molecular flexibility index (Phi) is 6.39. The lowest BCUT2D eigenvalue weighted by atomic mass is 10.0. The lowest BCUT2D eigenvalue weighted by Gasteiger charge is -2.13. The molecule has 4 aromatic rings. The van der Waals surface area contributed by atoms with Crippen LogP contribution in [-0.2, 0) is 19.8 Å². The highest BCUT2D eigenvalue weighted by molar-refractivity contribution is 6.35. The minimum atomic E-state index is -0.0390. The first kappa shape index (κ1) is 21.2. The molecule has 4 rings (SSSR count). The Morgan fingerprint density at radius 2 is 0.839 bits per heavy atom. The van der Waals surface area contributed by atoms with Crippen LogP contribution in [0, 0.1) is 0 Å². The van der Waals surface area contributed by atoms with Gasteiger partial charge in [-0.15, -0.1) is 0 Å². The van der Waals surface area contributed by atoms with E-state index in [4.69, 9.17) is 21.6 Å². The minimum absolute atomic E-state index is 0.0351. The quantitative estimate of drug-likeness (QED) is 0.414. The average Bonchev–Trinajstić information content (AvgIpc) is 2.84. The van der Waals surface area contributed by atoms with Crippen LogP contribution in [0.15, 0.2) is 72.8 Å². The molecule has 0 bridgehead atoms. The summed E-state index contributed by atoms with van der Waals surface area (Å²) in [5.74, 6) is 0.511. The van der Waals surface area contributed by atoms with E-state index in [-0.39, 0.29) is 19.8 Å². The number of rotatable bonds is 6. The minimum Gasteiger partial charge on any atom is -0.392 e. The maximum absolute atomic E-state index is 9.34. The Morgan fingerprint density at radius 1 is 0.516 bits per heavy atom. The van der Waals surface area contributed by atoms with E-state index >= 15 is 0 Å². The molecule has 1 heterocycles. The van der Waals surface area contributed by atoms with Crippen molar-refractivity contribution in [2.24, 2.45) is 0 Å². The highest BCUT2D eigenvalue weighted by Crippen LogP contribution is 2.36. The van der Waals surface area contributed by atoms with Crippen LogP contribution in [0.2, 0.25) is 5.02 Å². The van der Waals surface area contributed by atoms with Crippen LogP contribution in [0.3, 0.4) is 0 Å². The smallest absolute Gasteiger partial charge is 0.160 e. The highest BCUT2D eigenvalue weighted by atomic mass is 35.5. The van der Waals surface area contributed by atoms with Crippen molar-refractivity contribution in [2.75, 3.05) is 0 Å². The van der Waals surface area contributed by atoms with Gasteiger partial charge in [0.1, 0.15) is 0 Å². The largest absolute Gasteiger partial charge is 0.392 e. The van der Waals surface area contributed by atoms with Crippen molar-refractivity contribution in [1.29, 1.82) is 0 Å². The Hall–Kier alpha value is -3.09. The summed E-state index contributed by atoms with van der Waals surface area (Å²) in [7, 11) is 0. The zero-order valence-corrected chi connectivity index (χ0v) is 17.4. The van der Waals surface area contributed by atoms with Crippen LogP contribution >= 0.6 is 11.6 Å². The fraction of sp³-hybridized carbons (Fsp3) is 0.120. The van der Waals surface area contributed by atoms with Crippen molar-refractivity contribution in [3.05, 3.63) is 94.5 Å². The molecule has 1 aromatic heterocycles. The Morgan fingerprint density at radius 3 is 1.16 bits per heavy atom. The van der Waals surface area contributed by atoms with Crippen LogP contribution in [0.25, 0.3) is 33.9 Å². The van der Waals surface area contributed by atoms with Gasteiger partial charge in [0.05, 0.1) is 36.2 Å². The predicted octanol–water partition coefficient (Wildman–Crippen LogP) is 4.61. The van der Waals surface area contributed by atoms with Crippen molar-refractivity contribution in [3.63, 3.8) is 0 Å². The number of benzene rings is 3. The van der Waals surface area contributed by atoms with Crippen LogP contribution in [0.4, 0.5) is 0 Å². The van der Waals surface area contributed by atoms with E-state index in [1.165, 1.54) is 0 Å². The molecule has 0 saturated carbocycles. The summed E-state index contributed by atoms with van der Waals surface area (Å²) in [5, 5.41) is 28.4. The fourth-order valence-corrected chi connectivity index (χ4v) is 3.56. The molecule has 3 aromatic carbocycles. The summed E-state index contributed by atoms with van der Waals surface area (Å²) < 4.78 is 0. The molecule has 3 N–H and O–H groups in total. The number of hydrogen-bond acceptors (Lipinski definition) is 5. The van der Waals surface area contributed by atoms with E-state index in [0.717, 1.165) is 33.4 Å². The van der Waals surface area contributed by atoms with Crippen LogP contribution in [-0.4, -0.2) is 25.3 Å². The summed E-state index contributed by atoms with van der Waals surface area (Å²) >= 11 is 6.78. The van der Waals surface area contributed by atoms with Gasteiger partial charge in [-0.05, 0) is 16.7 Å². The molecule has 0 aliphatic carbocycles. The molecular weight excluding hydrogens is 412 g/mol. The maximum Gasteiger partial charge on any atom is 0.160 e. The summed E-state index contributed by atoms with van der Waals surface area (Å²) in [6, 6.07) is 22.2. The van der Waals surface area contributed by atoms with Gasteiger partial charge in [-0.3, -0.25) is 0 Å². The third-order valence-corrected chi connectivity index (χ3v) is 5.42. The summed E-state index contributed by atoms with van der Waals surface area (Å²) in [4.78, 5) is 9.47. The van der Waals surface area contributed by atoms with Gasteiger partial charge in [0, 0.05) is 16.7 Å². The molecular formula is C25H21ClN2O3. The van der Waals surface area contributed by atoms with Gasteiger partial charge in [-0.2, -0.15) is 0 Å². The predicted molar refractivity (Wildman–Crippen MR) is 121 cm³/mol. The first-order valence-electron chi connectivity index (χ1n) is 9.81. The number of aliphatic hydroxyl groups excluding tert-OH is 3. The number of aromatic nitrogens is 2. The Labute approximate surface area is 185 Å². The Balaban J connectivity index is 1.89. The molecule has 0 fully saturated rings. The average molecular weight is 433 g/mol. The van der Waals surface area contributed by atoms with Gasteiger partial charge in [-0.25, -0.2) is 9.97 Å². The third-order valence-electron chi connectivity index (χ3n) is 5.07. The van der Waals surface area contributed by atoms with Gasteiger partial charge in [0.25, 0.3) is 0 Å². The molecule has 5 nitrogen and oxygen atoms in total. The molecule has 31 heavy (non-hydrogen) atoms. The number of halogens is 1. The van der Waals surface area contributed by atoms with Gasteiger partial charge in [-0.1, -0.05) is 84.4 Å². The summed E-state index contributed by atoms with van der Waals surface area (Å²) in [6.07, 6.45) is 0. The van der Waals surface area contributed by atoms with Crippen molar-refractivity contribution in [1.82, 2.24) is 9.97 Å². The van der Waals surface area contributed by atoms with Crippen LogP contribution in [0.1, 0.15) is 16.7 Å². The monoisotopic (exact) mass is 432 g/mol. The molecule has 0 spiro atoms. The lowest BCUT2D eigenvalue weighted by Crippen LogP contribution is -1.98. The third kappa shape index (κ3) is 4.50. The van der Waals surface area contributed by atoms with Crippen molar-refractivity contribution < 1.29 is 15.3 Å². The molecule has 0 saturated heterocycles. The van der Waals surface area contributed by atoms with E-state index in [0.29, 0.717) is 22.2 Å². The van der Waals surface area contributed by atoms with E-state index in [1.807, 2.05) is 72.8 Å². The molecule has 0 atom stereocenters. The number of hydrogen-bond donors (Lipinski definition) is 3. The SMILES string of the molecule is OCc1ccc(-c2nc(-c3ccc(CO)cc3)c(Cl)c(-c3ccc(CO)cc3)n2)cc1. The molecule has 6 heteroatoms. The normalized spacial score (nSPS) is 11.0. The first-order valence-corrected chi connectivity index (χ1v) is 10.2. The fourth-order valence-electron chi connectivity index (χ4n) is 3.25. The van der Waals surface area contributed by atoms with E-state index < -0.39 is 0 Å². The second kappa shape index (κ2) is 9.37. The van der Waals surface area contributed by atoms with Gasteiger partial charge in [0.15, 0.2) is 5.82 Å². The molecule has 156 valence electrons. The standard InChI is InChI=1S/C25H21ClN2O3/c26-22-23(19-7-1-16(13-29)2-8-19)27-25(21-11-5-18(15-31)6-12-21)28-24(22)20-9-3-17(14-30)4-10-20/h1-12,29-31H,13-15H2. The van der Waals surface area contributed by atoms with Gasteiger partial charge < -0.3 is 15.3 Å². The van der Waals surface area contributed by atoms with Crippen LogP contribution < -0.4 is 0 Å². The summed E-state index contributed by atoms with van der Waals surface area (Å²) in [6.45, 7) is -0.113. The number of nitrogens with zero attached hydrogens (tertiary/aromatic N) is 2. The van der Waals surface area contributed by atoms with Crippen LogP contribution in [0.5, 0.6) is 0 Å². The second-order valence-electron chi connectivity index (χ2n) is 7.12. The molecule has 0 aliphatic rings. The summed E-state index contributed by atoms with van der Waals surface area (Å²) in [5.41, 5.74) is 6.00. The highest BCUT2D eigenvalue weighted by Gasteiger charge is 2.17. The van der Waals surface area contributed by atoms with Gasteiger partial charge in [0.2, 0.25) is 0 Å². The second-order valence-corrected chi connectivity index (χ2v) is 7.50. The maximum atomic E-state index is 9.34. The van der Waals surface area contributed by atoms with Crippen molar-refractivity contribution >= 4 is 11.6 Å². The van der Waals surface area contributed by atoms with Crippen molar-refractivity contribution in [2.45, 2.75) is 19.8 Å². The first-order chi connectivity index (χ1) is 15.1. The lowest BCUT2D eigenvalue weighted by molar-refractivity contribution is 0.281. The van der Waals surface area contributed by atoms with E-state index in [9.17, 15) is 15.3 Å². The zero-order chi connectivity index (χ0) is 21.8. The van der Waals surface area contributed by atoms with Crippen molar-refractivity contribution in [3.8, 4) is 33.9 Å².